The fourth-order valence-electron chi connectivity index (χ4n) is 3.03. The van der Waals surface area contributed by atoms with Gasteiger partial charge in [-0.3, -0.25) is 4.79 Å². The van der Waals surface area contributed by atoms with Crippen molar-refractivity contribution in [3.05, 3.63) is 52.0 Å². The Balaban J connectivity index is 2.13. The van der Waals surface area contributed by atoms with E-state index in [1.165, 1.54) is 23.5 Å². The molecule has 2 rings (SSSR count). The number of carbonyl (C=O) groups is 1. The average Bonchev–Trinajstić information content (AvgIpc) is 3.13. The summed E-state index contributed by atoms with van der Waals surface area (Å²) in [5, 5.41) is 8.78. The minimum atomic E-state index is -3.77. The second-order valence-corrected chi connectivity index (χ2v) is 9.94. The number of aliphatic carboxylic acids is 1. The number of thiophene rings is 1. The van der Waals surface area contributed by atoms with Gasteiger partial charge in [-0.25, -0.2) is 17.5 Å². The predicted molar refractivity (Wildman–Crippen MR) is 113 cm³/mol. The first kappa shape index (κ1) is 23.5. The van der Waals surface area contributed by atoms with Gasteiger partial charge in [-0.05, 0) is 55.7 Å². The fourth-order valence-corrected chi connectivity index (χ4v) is 5.50. The number of rotatable bonds is 13. The quantitative estimate of drug-likeness (QED) is 0.414. The molecule has 1 atom stereocenters. The molecule has 29 heavy (non-hydrogen) atoms. The molecule has 0 aliphatic carbocycles. The van der Waals surface area contributed by atoms with Crippen LogP contribution in [0.3, 0.4) is 0 Å². The smallest absolute Gasteiger partial charge is 0.303 e. The maximum absolute atomic E-state index is 13.1. The van der Waals surface area contributed by atoms with E-state index in [0.29, 0.717) is 19.3 Å². The summed E-state index contributed by atoms with van der Waals surface area (Å²) in [5.41, 5.74) is 0. The highest BCUT2D eigenvalue weighted by molar-refractivity contribution is 7.89. The van der Waals surface area contributed by atoms with Crippen molar-refractivity contribution in [2.24, 2.45) is 0 Å². The highest BCUT2D eigenvalue weighted by Gasteiger charge is 2.22. The lowest BCUT2D eigenvalue weighted by Crippen LogP contribution is -2.28. The first-order chi connectivity index (χ1) is 13.8. The van der Waals surface area contributed by atoms with Gasteiger partial charge in [0.15, 0.2) is 0 Å². The number of nitrogens with one attached hydrogen (secondary N) is 1. The van der Waals surface area contributed by atoms with Gasteiger partial charge in [0.2, 0.25) is 10.0 Å². The Bertz CT molecular complexity index is 878. The highest BCUT2D eigenvalue weighted by Crippen LogP contribution is 2.30. The molecule has 0 saturated heterocycles. The molecule has 0 fully saturated rings. The second kappa shape index (κ2) is 11.4. The number of sulfonamides is 1. The summed E-state index contributed by atoms with van der Waals surface area (Å²) in [4.78, 5) is 12.7. The molecule has 2 aromatic rings. The molecule has 1 unspecified atom stereocenters. The van der Waals surface area contributed by atoms with E-state index in [-0.39, 0.29) is 17.4 Å². The number of halogens is 1. The van der Waals surface area contributed by atoms with Gasteiger partial charge in [0.05, 0.1) is 10.9 Å². The van der Waals surface area contributed by atoms with Gasteiger partial charge >= 0.3 is 5.97 Å². The number of hydrogen-bond donors (Lipinski definition) is 2. The van der Waals surface area contributed by atoms with Gasteiger partial charge in [0, 0.05) is 16.2 Å². The number of hydrogen-bond acceptors (Lipinski definition) is 4. The van der Waals surface area contributed by atoms with E-state index >= 15 is 0 Å². The lowest BCUT2D eigenvalue weighted by Gasteiger charge is -2.18. The monoisotopic (exact) mass is 441 g/mol. The van der Waals surface area contributed by atoms with Crippen molar-refractivity contribution in [1.29, 1.82) is 0 Å². The molecule has 0 aliphatic heterocycles. The van der Waals surface area contributed by atoms with Crippen LogP contribution in [0.5, 0.6) is 0 Å². The first-order valence-electron chi connectivity index (χ1n) is 9.90. The van der Waals surface area contributed by atoms with E-state index in [4.69, 9.17) is 5.11 Å². The number of aryl methyl sites for hydroxylation is 1. The molecule has 5 nitrogen and oxygen atoms in total. The molecule has 0 spiro atoms. The Morgan fingerprint density at radius 3 is 2.48 bits per heavy atom. The van der Waals surface area contributed by atoms with Crippen LogP contribution < -0.4 is 4.72 Å². The number of benzene rings is 1. The van der Waals surface area contributed by atoms with Crippen LogP contribution in [0.2, 0.25) is 0 Å². The molecule has 0 aliphatic rings. The van der Waals surface area contributed by atoms with Crippen LogP contribution in [0.1, 0.15) is 67.7 Å². The molecule has 0 radical (unpaired) electrons. The summed E-state index contributed by atoms with van der Waals surface area (Å²) in [6.07, 6.45) is 6.13. The summed E-state index contributed by atoms with van der Waals surface area (Å²) in [7, 11) is -3.77. The molecule has 0 amide bonds. The van der Waals surface area contributed by atoms with Crippen molar-refractivity contribution in [1.82, 2.24) is 4.72 Å². The Hall–Kier alpha value is -1.77. The highest BCUT2D eigenvalue weighted by atomic mass is 32.2. The third-order valence-corrected chi connectivity index (χ3v) is 7.35. The van der Waals surface area contributed by atoms with Crippen LogP contribution in [0.4, 0.5) is 4.39 Å². The Morgan fingerprint density at radius 1 is 1.10 bits per heavy atom. The van der Waals surface area contributed by atoms with Crippen LogP contribution in [0, 0.1) is 5.82 Å². The van der Waals surface area contributed by atoms with E-state index in [0.717, 1.165) is 47.6 Å². The Kier molecular flexibility index (Phi) is 9.26. The van der Waals surface area contributed by atoms with E-state index in [9.17, 15) is 17.6 Å². The Labute approximate surface area is 176 Å². The number of carboxylic acid groups (broad SMARTS) is 1. The number of carboxylic acids is 1. The van der Waals surface area contributed by atoms with Gasteiger partial charge in [-0.2, -0.15) is 0 Å². The zero-order valence-electron chi connectivity index (χ0n) is 16.6. The first-order valence-corrected chi connectivity index (χ1v) is 12.2. The lowest BCUT2D eigenvalue weighted by molar-refractivity contribution is -0.137. The number of unbranched alkanes of at least 4 members (excludes halogenated alkanes) is 3. The van der Waals surface area contributed by atoms with Gasteiger partial charge in [0.25, 0.3) is 0 Å². The second-order valence-electron chi connectivity index (χ2n) is 7.03. The summed E-state index contributed by atoms with van der Waals surface area (Å²) in [6.45, 7) is 2.12. The molecule has 2 N–H and O–H groups in total. The lowest BCUT2D eigenvalue weighted by atomic mass is 10.1. The topological polar surface area (TPSA) is 83.5 Å². The predicted octanol–water partition coefficient (Wildman–Crippen LogP) is 5.28. The molecule has 8 heteroatoms. The fraction of sp³-hybridized carbons (Fsp3) is 0.476. The van der Waals surface area contributed by atoms with Crippen LogP contribution in [0.15, 0.2) is 41.3 Å². The van der Waals surface area contributed by atoms with Gasteiger partial charge in [-0.1, -0.05) is 32.6 Å². The van der Waals surface area contributed by atoms with Crippen LogP contribution in [-0.2, 0) is 21.2 Å². The van der Waals surface area contributed by atoms with E-state index in [1.54, 1.807) is 0 Å². The average molecular weight is 442 g/mol. The minimum Gasteiger partial charge on any atom is -0.481 e. The molecule has 1 aromatic carbocycles. The summed E-state index contributed by atoms with van der Waals surface area (Å²) < 4.78 is 41.5. The van der Waals surface area contributed by atoms with Crippen molar-refractivity contribution >= 4 is 27.3 Å². The van der Waals surface area contributed by atoms with Crippen molar-refractivity contribution in [2.75, 3.05) is 0 Å². The van der Waals surface area contributed by atoms with Gasteiger partial charge in [0.1, 0.15) is 5.82 Å². The van der Waals surface area contributed by atoms with Crippen molar-refractivity contribution in [3.63, 3.8) is 0 Å². The van der Waals surface area contributed by atoms with E-state index < -0.39 is 21.8 Å². The normalized spacial score (nSPS) is 12.8. The maximum Gasteiger partial charge on any atom is 0.303 e. The van der Waals surface area contributed by atoms with Crippen molar-refractivity contribution in [3.8, 4) is 0 Å². The van der Waals surface area contributed by atoms with E-state index in [1.807, 2.05) is 12.1 Å². The van der Waals surface area contributed by atoms with Crippen molar-refractivity contribution in [2.45, 2.75) is 69.2 Å². The van der Waals surface area contributed by atoms with Gasteiger partial charge in [-0.15, -0.1) is 11.3 Å². The largest absolute Gasteiger partial charge is 0.481 e. The molecule has 0 bridgehead atoms. The van der Waals surface area contributed by atoms with Crippen LogP contribution in [-0.4, -0.2) is 19.5 Å². The third kappa shape index (κ3) is 7.87. The van der Waals surface area contributed by atoms with Crippen molar-refractivity contribution < 1.29 is 22.7 Å². The van der Waals surface area contributed by atoms with Crippen LogP contribution >= 0.6 is 11.3 Å². The molecule has 1 aromatic heterocycles. The molecule has 160 valence electrons. The molecule has 0 saturated carbocycles. The van der Waals surface area contributed by atoms with E-state index in [2.05, 4.69) is 11.6 Å². The maximum atomic E-state index is 13.1. The summed E-state index contributed by atoms with van der Waals surface area (Å²) in [5.74, 6) is -1.30. The molecule has 1 heterocycles. The minimum absolute atomic E-state index is 0.0377. The summed E-state index contributed by atoms with van der Waals surface area (Å²) >= 11 is 1.51. The SMILES string of the molecule is CCCCCCC(NS(=O)(=O)c1ccc(F)cc1)c1ccc(CCCC(=O)O)s1. The standard InChI is InChI=1S/C21H28FNO4S2/c1-2-3-4-5-8-19(20-15-12-17(28-20)7-6-9-21(24)25)23-29(26,27)18-13-10-16(22)11-14-18/h10-15,19,23H,2-9H2,1H3,(H,24,25). The van der Waals surface area contributed by atoms with Crippen LogP contribution in [0.25, 0.3) is 0 Å². The Morgan fingerprint density at radius 2 is 1.83 bits per heavy atom. The summed E-state index contributed by atoms with van der Waals surface area (Å²) in [6, 6.07) is 8.29. The molecular weight excluding hydrogens is 413 g/mol. The zero-order valence-corrected chi connectivity index (χ0v) is 18.2. The zero-order chi connectivity index (χ0) is 21.3. The third-order valence-electron chi connectivity index (χ3n) is 4.61. The van der Waals surface area contributed by atoms with Gasteiger partial charge < -0.3 is 5.11 Å². The molecular formula is C21H28FNO4S2.